The molecule has 0 aliphatic rings. The van der Waals surface area contributed by atoms with Crippen LogP contribution in [0.4, 0.5) is 18.9 Å². The van der Waals surface area contributed by atoms with Gasteiger partial charge >= 0.3 is 6.18 Å². The van der Waals surface area contributed by atoms with E-state index in [4.69, 9.17) is 26.5 Å². The Labute approximate surface area is 538 Å². The molecule has 8 nitrogen and oxygen atoms in total. The zero-order chi connectivity index (χ0) is 63.4. The van der Waals surface area contributed by atoms with Crippen molar-refractivity contribution < 1.29 is 13.2 Å². The van der Waals surface area contributed by atoms with Crippen LogP contribution in [-0.2, 0) is 6.18 Å². The number of hydrogen-bond donors (Lipinski definition) is 0. The second kappa shape index (κ2) is 23.2. The summed E-state index contributed by atoms with van der Waals surface area (Å²) in [5.74, 6) is 0. The Morgan fingerprint density at radius 3 is 0.947 bits per heavy atom. The van der Waals surface area contributed by atoms with E-state index in [0.717, 1.165) is 117 Å². The van der Waals surface area contributed by atoms with Gasteiger partial charge in [0.25, 0.3) is 0 Å². The highest BCUT2D eigenvalue weighted by atomic mass is 19.4. The number of nitrogens with zero attached hydrogens (tertiary/aromatic N) is 8. The Hall–Kier alpha value is -12.8. The van der Waals surface area contributed by atoms with Gasteiger partial charge in [0.15, 0.2) is 5.69 Å². The van der Waals surface area contributed by atoms with Gasteiger partial charge in [0, 0.05) is 90.8 Å². The molecule has 16 rings (SSSR count). The van der Waals surface area contributed by atoms with Gasteiger partial charge in [-0.1, -0.05) is 188 Å². The molecule has 0 atom stereocenters. The maximum Gasteiger partial charge on any atom is 0.415 e. The van der Waals surface area contributed by atoms with E-state index < -0.39 is 11.7 Å². The van der Waals surface area contributed by atoms with Crippen molar-refractivity contribution >= 4 is 49.3 Å². The van der Waals surface area contributed by atoms with Gasteiger partial charge in [0.05, 0.1) is 68.4 Å². The van der Waals surface area contributed by atoms with Crippen LogP contribution in [0.1, 0.15) is 11.1 Å². The predicted molar refractivity (Wildman–Crippen MR) is 371 cm³/mol. The first-order valence-electron chi connectivity index (χ1n) is 30.6. The lowest BCUT2D eigenvalue weighted by Crippen LogP contribution is -2.09. The van der Waals surface area contributed by atoms with Gasteiger partial charge in [-0.2, -0.15) is 18.4 Å². The maximum atomic E-state index is 15.9. The monoisotopic (exact) mass is 1210 g/mol. The fraction of sp³-hybridized carbons (Fsp3) is 0.0120. The lowest BCUT2D eigenvalue weighted by molar-refractivity contribution is -0.137. The third kappa shape index (κ3) is 9.71. The van der Waals surface area contributed by atoms with E-state index in [0.29, 0.717) is 33.4 Å². The normalized spacial score (nSPS) is 11.5. The largest absolute Gasteiger partial charge is 0.415 e. The molecule has 10 aromatic carbocycles. The average molecular weight is 1220 g/mol. The van der Waals surface area contributed by atoms with Crippen LogP contribution in [0.25, 0.3) is 160 Å². The summed E-state index contributed by atoms with van der Waals surface area (Å²) < 4.78 is 51.5. The summed E-state index contributed by atoms with van der Waals surface area (Å²) in [6.45, 7) is 8.45. The van der Waals surface area contributed by atoms with Gasteiger partial charge in [-0.3, -0.25) is 19.9 Å². The first kappa shape index (κ1) is 56.4. The second-order valence-electron chi connectivity index (χ2n) is 23.0. The molecule has 0 spiro atoms. The minimum absolute atomic E-state index is 0.0888. The standard InChI is InChI=1S/C83H49F3N8/c1-88-71-32-14-31-70(83(84,85)86)78(71)60-49-76(93-72-37-33-56(61-27-15-41-89-79(61)52-19-6-2-7-20-52)45-65(72)66-46-57(34-38-73(66)93)62-28-16-42-90-80(62)53-21-8-3-9-22-53)69(51-87)77(50-60)94-74-39-35-58(63-29-17-43-91-81(63)54-23-10-4-11-24-54)47-67(74)68-48-59(36-40-75(68)94)64-30-18-44-92-82(64)55-25-12-5-13-26-55/h2-50H. The molecule has 11 heteroatoms. The quantitative estimate of drug-likeness (QED) is 0.120. The molecule has 0 unspecified atom stereocenters. The number of pyridine rings is 4. The Morgan fingerprint density at radius 2 is 0.660 bits per heavy atom. The van der Waals surface area contributed by atoms with Gasteiger partial charge in [-0.25, -0.2) is 4.85 Å². The van der Waals surface area contributed by atoms with Crippen molar-refractivity contribution in [2.75, 3.05) is 0 Å². The smallest absolute Gasteiger partial charge is 0.308 e. The van der Waals surface area contributed by atoms with Crippen molar-refractivity contribution in [2.45, 2.75) is 6.18 Å². The van der Waals surface area contributed by atoms with E-state index in [9.17, 15) is 5.26 Å². The summed E-state index contributed by atoms with van der Waals surface area (Å²) in [6.07, 6.45) is 2.25. The third-order valence-electron chi connectivity index (χ3n) is 17.6. The minimum Gasteiger partial charge on any atom is -0.308 e. The maximum absolute atomic E-state index is 15.9. The van der Waals surface area contributed by atoms with E-state index >= 15 is 13.2 Å². The third-order valence-corrected chi connectivity index (χ3v) is 17.6. The first-order chi connectivity index (χ1) is 46.2. The summed E-state index contributed by atoms with van der Waals surface area (Å²) in [5.41, 5.74) is 16.1. The van der Waals surface area contributed by atoms with Crippen LogP contribution in [-0.4, -0.2) is 29.1 Å². The predicted octanol–water partition coefficient (Wildman–Crippen LogP) is 21.9. The molecule has 0 saturated carbocycles. The fourth-order valence-electron chi connectivity index (χ4n) is 13.5. The van der Waals surface area contributed by atoms with Crippen molar-refractivity contribution in [1.82, 2.24) is 29.1 Å². The van der Waals surface area contributed by atoms with Crippen LogP contribution in [0.3, 0.4) is 0 Å². The molecule has 0 amide bonds. The highest BCUT2D eigenvalue weighted by molar-refractivity contribution is 6.15. The molecule has 0 N–H and O–H groups in total. The lowest BCUT2D eigenvalue weighted by Gasteiger charge is -2.21. The number of fused-ring (bicyclic) bond motifs is 6. The van der Waals surface area contributed by atoms with Crippen LogP contribution >= 0.6 is 0 Å². The molecule has 0 radical (unpaired) electrons. The molecule has 6 aromatic heterocycles. The lowest BCUT2D eigenvalue weighted by atomic mass is 9.94. The van der Waals surface area contributed by atoms with E-state index in [1.165, 1.54) is 12.1 Å². The molecule has 6 heterocycles. The van der Waals surface area contributed by atoms with Crippen molar-refractivity contribution in [3.05, 3.63) is 320 Å². The van der Waals surface area contributed by atoms with Crippen LogP contribution in [0.15, 0.2) is 298 Å². The van der Waals surface area contributed by atoms with E-state index in [2.05, 4.69) is 59.4 Å². The van der Waals surface area contributed by atoms with Gasteiger partial charge in [-0.15, -0.1) is 0 Å². The number of halogens is 3. The molecule has 0 bridgehead atoms. The number of alkyl halides is 3. The molecule has 0 aliphatic carbocycles. The van der Waals surface area contributed by atoms with E-state index in [1.54, 1.807) is 36.9 Å². The zero-order valence-corrected chi connectivity index (χ0v) is 50.0. The molecule has 442 valence electrons. The van der Waals surface area contributed by atoms with Crippen molar-refractivity contribution in [3.8, 4) is 118 Å². The van der Waals surface area contributed by atoms with Gasteiger partial charge in [0.2, 0.25) is 0 Å². The van der Waals surface area contributed by atoms with Crippen molar-refractivity contribution in [2.24, 2.45) is 0 Å². The van der Waals surface area contributed by atoms with Gasteiger partial charge in [-0.05, 0) is 118 Å². The van der Waals surface area contributed by atoms with Gasteiger partial charge in [0.1, 0.15) is 11.6 Å². The Morgan fingerprint density at radius 1 is 0.340 bits per heavy atom. The molecule has 94 heavy (non-hydrogen) atoms. The zero-order valence-electron chi connectivity index (χ0n) is 50.0. The number of benzene rings is 10. The fourth-order valence-corrected chi connectivity index (χ4v) is 13.5. The van der Waals surface area contributed by atoms with E-state index in [1.807, 2.05) is 203 Å². The molecular formula is C83H49F3N8. The summed E-state index contributed by atoms with van der Waals surface area (Å²) in [7, 11) is 0. The Kier molecular flexibility index (Phi) is 13.9. The van der Waals surface area contributed by atoms with Crippen LogP contribution in [0.2, 0.25) is 0 Å². The van der Waals surface area contributed by atoms with Crippen LogP contribution < -0.4 is 0 Å². The first-order valence-corrected chi connectivity index (χ1v) is 30.6. The van der Waals surface area contributed by atoms with E-state index in [-0.39, 0.29) is 22.4 Å². The molecule has 0 aliphatic heterocycles. The van der Waals surface area contributed by atoms with Crippen molar-refractivity contribution in [3.63, 3.8) is 0 Å². The molecule has 16 aromatic rings. The summed E-state index contributed by atoms with van der Waals surface area (Å²) in [5, 5.41) is 15.5. The molecule has 0 saturated heterocycles. The summed E-state index contributed by atoms with van der Waals surface area (Å²) >= 11 is 0. The van der Waals surface area contributed by atoms with Crippen LogP contribution in [0.5, 0.6) is 0 Å². The molecular weight excluding hydrogens is 1170 g/mol. The number of nitriles is 1. The second-order valence-corrected chi connectivity index (χ2v) is 23.0. The highest BCUT2D eigenvalue weighted by Gasteiger charge is 2.36. The molecule has 0 fully saturated rings. The average Bonchev–Trinajstić information content (AvgIpc) is 1.54. The number of aromatic nitrogens is 6. The van der Waals surface area contributed by atoms with Crippen molar-refractivity contribution in [1.29, 1.82) is 5.26 Å². The number of hydrogen-bond acceptors (Lipinski definition) is 5. The van der Waals surface area contributed by atoms with Gasteiger partial charge < -0.3 is 9.13 Å². The summed E-state index contributed by atoms with van der Waals surface area (Å²) in [4.78, 5) is 23.4. The highest BCUT2D eigenvalue weighted by Crippen LogP contribution is 2.49. The minimum atomic E-state index is -4.88. The topological polar surface area (TPSA) is 89.6 Å². The van der Waals surface area contributed by atoms with Crippen LogP contribution in [0, 0.1) is 17.9 Å². The summed E-state index contributed by atoms with van der Waals surface area (Å²) in [6, 6.07) is 90.3. The Bertz CT molecular complexity index is 5160. The SMILES string of the molecule is [C-]#[N+]c1cccc(C(F)(F)F)c1-c1cc(-n2c3ccc(-c4cccnc4-c4ccccc4)cc3c3cc(-c4cccnc4-c4ccccc4)ccc32)c(C#N)c(-n2c3ccc(-c4cccnc4-c4ccccc4)cc3c3cc(-c4cccnc4-c4ccccc4)ccc32)c1. The number of rotatable bonds is 11. The Balaban J connectivity index is 1.01.